The van der Waals surface area contributed by atoms with Crippen molar-refractivity contribution < 1.29 is 9.53 Å². The number of hydrogen-bond acceptors (Lipinski definition) is 3. The molecule has 1 saturated heterocycles. The molecule has 2 rings (SSSR count). The van der Waals surface area contributed by atoms with Crippen LogP contribution in [0.5, 0.6) is 0 Å². The van der Waals surface area contributed by atoms with Crippen molar-refractivity contribution in [2.24, 2.45) is 0 Å². The lowest BCUT2D eigenvalue weighted by Gasteiger charge is -2.10. The molecule has 0 bridgehead atoms. The second-order valence-electron chi connectivity index (χ2n) is 4.71. The highest BCUT2D eigenvalue weighted by Crippen LogP contribution is 2.44. The summed E-state index contributed by atoms with van der Waals surface area (Å²) in [6, 6.07) is 10.5. The number of amides is 1. The normalized spacial score (nSPS) is 21.4. The van der Waals surface area contributed by atoms with E-state index in [1.54, 1.807) is 14.1 Å². The molecule has 1 heterocycles. The Morgan fingerprint density at radius 1 is 1.28 bits per heavy atom. The Morgan fingerprint density at radius 2 is 2.00 bits per heavy atom. The fraction of sp³-hybridized carbons (Fsp3) is 0.500. The molecule has 0 radical (unpaired) electrons. The summed E-state index contributed by atoms with van der Waals surface area (Å²) in [4.78, 5) is 12.7. The number of hydrogen-bond donors (Lipinski definition) is 0. The summed E-state index contributed by atoms with van der Waals surface area (Å²) in [5, 5.41) is 1.15. The molecule has 1 aliphatic heterocycles. The molecule has 1 amide bonds. The Bertz CT molecular complexity index is 394. The number of carbonyl (C=O) groups excluding carboxylic acids is 1. The van der Waals surface area contributed by atoms with Crippen molar-refractivity contribution in [1.29, 1.82) is 0 Å². The van der Waals surface area contributed by atoms with Gasteiger partial charge >= 0.3 is 6.09 Å². The largest absolute Gasteiger partial charge is 0.448 e. The van der Waals surface area contributed by atoms with Crippen LogP contribution in [0.3, 0.4) is 0 Å². The summed E-state index contributed by atoms with van der Waals surface area (Å²) in [6.45, 7) is 0.543. The predicted molar refractivity (Wildman–Crippen MR) is 75.0 cm³/mol. The first-order valence-corrected chi connectivity index (χ1v) is 7.14. The van der Waals surface area contributed by atoms with Gasteiger partial charge in [-0.15, -0.1) is 11.8 Å². The summed E-state index contributed by atoms with van der Waals surface area (Å²) in [5.74, 6) is 0. The van der Waals surface area contributed by atoms with Crippen LogP contribution in [-0.4, -0.2) is 42.2 Å². The number of thioether (sulfide) groups is 1. The molecule has 2 atom stereocenters. The molecule has 4 heteroatoms. The van der Waals surface area contributed by atoms with Gasteiger partial charge in [0.25, 0.3) is 0 Å². The number of aryl methyl sites for hydroxylation is 1. The lowest BCUT2D eigenvalue weighted by Crippen LogP contribution is -2.24. The van der Waals surface area contributed by atoms with E-state index in [1.807, 2.05) is 17.8 Å². The van der Waals surface area contributed by atoms with Crippen molar-refractivity contribution in [2.45, 2.75) is 23.3 Å². The SMILES string of the molecule is CN(C)C(=O)OC[C@@H]1S[C@@H]1CCc1ccccc1. The highest BCUT2D eigenvalue weighted by atomic mass is 32.2. The molecule has 0 spiro atoms. The van der Waals surface area contributed by atoms with E-state index >= 15 is 0 Å². The van der Waals surface area contributed by atoms with Gasteiger partial charge in [-0.1, -0.05) is 30.3 Å². The first-order valence-electron chi connectivity index (χ1n) is 6.20. The Labute approximate surface area is 113 Å². The molecular weight excluding hydrogens is 246 g/mol. The highest BCUT2D eigenvalue weighted by Gasteiger charge is 2.38. The Morgan fingerprint density at radius 3 is 2.67 bits per heavy atom. The van der Waals surface area contributed by atoms with E-state index in [-0.39, 0.29) is 6.09 Å². The van der Waals surface area contributed by atoms with E-state index in [0.717, 1.165) is 6.42 Å². The van der Waals surface area contributed by atoms with Gasteiger partial charge in [0, 0.05) is 19.3 Å². The standard InChI is InChI=1S/C14H19NO2S/c1-15(2)14(16)17-10-13-12(18-13)9-8-11-6-4-3-5-7-11/h3-7,12-13H,8-10H2,1-2H3/t12-,13+/m1/s1. The molecule has 18 heavy (non-hydrogen) atoms. The van der Waals surface area contributed by atoms with Crippen LogP contribution in [0.2, 0.25) is 0 Å². The summed E-state index contributed by atoms with van der Waals surface area (Å²) in [6.07, 6.45) is 2.03. The van der Waals surface area contributed by atoms with Crippen LogP contribution in [0.4, 0.5) is 4.79 Å². The molecular formula is C14H19NO2S. The molecule has 0 saturated carbocycles. The van der Waals surface area contributed by atoms with Gasteiger partial charge in [-0.3, -0.25) is 0 Å². The third-order valence-electron chi connectivity index (χ3n) is 2.98. The average Bonchev–Trinajstić information content (AvgIpc) is 3.13. The topological polar surface area (TPSA) is 29.5 Å². The summed E-state index contributed by atoms with van der Waals surface area (Å²) < 4.78 is 5.18. The lowest BCUT2D eigenvalue weighted by molar-refractivity contribution is 0.120. The number of benzene rings is 1. The fourth-order valence-corrected chi connectivity index (χ4v) is 2.79. The third-order valence-corrected chi connectivity index (χ3v) is 4.40. The maximum atomic E-state index is 11.3. The zero-order valence-corrected chi connectivity index (χ0v) is 11.7. The van der Waals surface area contributed by atoms with E-state index < -0.39 is 0 Å². The summed E-state index contributed by atoms with van der Waals surface area (Å²) in [7, 11) is 3.41. The smallest absolute Gasteiger partial charge is 0.409 e. The molecule has 1 aromatic rings. The van der Waals surface area contributed by atoms with Crippen LogP contribution in [0.1, 0.15) is 12.0 Å². The van der Waals surface area contributed by atoms with Crippen molar-refractivity contribution in [2.75, 3.05) is 20.7 Å². The van der Waals surface area contributed by atoms with Crippen LogP contribution < -0.4 is 0 Å². The Balaban J connectivity index is 1.62. The molecule has 0 aliphatic carbocycles. The van der Waals surface area contributed by atoms with E-state index in [2.05, 4.69) is 24.3 Å². The monoisotopic (exact) mass is 265 g/mol. The molecule has 3 nitrogen and oxygen atoms in total. The van der Waals surface area contributed by atoms with E-state index in [0.29, 0.717) is 17.1 Å². The van der Waals surface area contributed by atoms with Crippen molar-refractivity contribution >= 4 is 17.9 Å². The van der Waals surface area contributed by atoms with Crippen molar-refractivity contribution in [1.82, 2.24) is 4.90 Å². The quantitative estimate of drug-likeness (QED) is 0.767. The molecule has 1 aliphatic rings. The first-order chi connectivity index (χ1) is 8.66. The predicted octanol–water partition coefficient (Wildman–Crippen LogP) is 2.80. The zero-order valence-electron chi connectivity index (χ0n) is 10.8. The number of ether oxygens (including phenoxy) is 1. The van der Waals surface area contributed by atoms with E-state index in [4.69, 9.17) is 4.74 Å². The molecule has 98 valence electrons. The van der Waals surface area contributed by atoms with Gasteiger partial charge in [0.2, 0.25) is 0 Å². The van der Waals surface area contributed by atoms with Gasteiger partial charge in [0.1, 0.15) is 6.61 Å². The minimum atomic E-state index is -0.246. The van der Waals surface area contributed by atoms with Crippen LogP contribution in [0.25, 0.3) is 0 Å². The van der Waals surface area contributed by atoms with Crippen molar-refractivity contribution in [3.63, 3.8) is 0 Å². The van der Waals surface area contributed by atoms with Gasteiger partial charge in [0.15, 0.2) is 0 Å². The number of nitrogens with zero attached hydrogens (tertiary/aromatic N) is 1. The molecule has 1 fully saturated rings. The summed E-state index contributed by atoms with van der Waals surface area (Å²) >= 11 is 1.91. The maximum absolute atomic E-state index is 11.3. The average molecular weight is 265 g/mol. The third kappa shape index (κ3) is 3.95. The Kier molecular flexibility index (Phi) is 4.53. The van der Waals surface area contributed by atoms with Crippen molar-refractivity contribution in [3.05, 3.63) is 35.9 Å². The number of rotatable bonds is 5. The molecule has 0 unspecified atom stereocenters. The van der Waals surface area contributed by atoms with Crippen LogP contribution in [0.15, 0.2) is 30.3 Å². The molecule has 0 N–H and O–H groups in total. The van der Waals surface area contributed by atoms with Crippen molar-refractivity contribution in [3.8, 4) is 0 Å². The lowest BCUT2D eigenvalue weighted by atomic mass is 10.1. The minimum absolute atomic E-state index is 0.246. The van der Waals surface area contributed by atoms with Gasteiger partial charge in [-0.05, 0) is 18.4 Å². The van der Waals surface area contributed by atoms with Crippen LogP contribution in [0, 0.1) is 0 Å². The van der Waals surface area contributed by atoms with E-state index in [1.165, 1.54) is 16.9 Å². The van der Waals surface area contributed by atoms with Gasteiger partial charge < -0.3 is 9.64 Å². The Hall–Kier alpha value is -1.16. The maximum Gasteiger partial charge on any atom is 0.409 e. The highest BCUT2D eigenvalue weighted by molar-refractivity contribution is 8.07. The second-order valence-corrected chi connectivity index (χ2v) is 6.19. The number of carbonyl (C=O) groups is 1. The minimum Gasteiger partial charge on any atom is -0.448 e. The van der Waals surface area contributed by atoms with Gasteiger partial charge in [0.05, 0.1) is 5.25 Å². The van der Waals surface area contributed by atoms with Crippen LogP contribution in [-0.2, 0) is 11.2 Å². The van der Waals surface area contributed by atoms with Gasteiger partial charge in [-0.2, -0.15) is 0 Å². The first kappa shape index (κ1) is 13.3. The molecule has 0 aromatic heterocycles. The molecule has 1 aromatic carbocycles. The van der Waals surface area contributed by atoms with Crippen LogP contribution >= 0.6 is 11.8 Å². The summed E-state index contributed by atoms with van der Waals surface area (Å²) in [5.41, 5.74) is 1.38. The van der Waals surface area contributed by atoms with Gasteiger partial charge in [-0.25, -0.2) is 4.79 Å². The second kappa shape index (κ2) is 6.14. The zero-order chi connectivity index (χ0) is 13.0. The fourth-order valence-electron chi connectivity index (χ4n) is 1.82. The van der Waals surface area contributed by atoms with E-state index in [9.17, 15) is 4.79 Å².